The summed E-state index contributed by atoms with van der Waals surface area (Å²) in [5, 5.41) is 2.09. The summed E-state index contributed by atoms with van der Waals surface area (Å²) in [4.78, 5) is 5.81. The number of rotatable bonds is 2. The lowest BCUT2D eigenvalue weighted by atomic mass is 10.00. The van der Waals surface area contributed by atoms with Gasteiger partial charge in [-0.05, 0) is 41.6 Å². The lowest BCUT2D eigenvalue weighted by molar-refractivity contribution is 0.561. The average molecular weight is 305 g/mol. The molecule has 0 saturated carbocycles. The summed E-state index contributed by atoms with van der Waals surface area (Å²) in [5.74, 6) is 0.701. The van der Waals surface area contributed by atoms with Crippen LogP contribution in [0, 0.1) is 13.8 Å². The van der Waals surface area contributed by atoms with Gasteiger partial charge in [-0.3, -0.25) is 0 Å². The second-order valence-electron chi connectivity index (χ2n) is 5.45. The molecule has 4 rings (SSSR count). The van der Waals surface area contributed by atoms with Gasteiger partial charge in [0.05, 0.1) is 0 Å². The molecule has 2 nitrogen and oxygen atoms in total. The molecule has 0 aliphatic heterocycles. The Balaban J connectivity index is 2.00. The molecule has 0 aliphatic rings. The third kappa shape index (κ3) is 2.24. The van der Waals surface area contributed by atoms with Gasteiger partial charge in [-0.2, -0.15) is 0 Å². The Labute approximate surface area is 133 Å². The quantitative estimate of drug-likeness (QED) is 0.465. The van der Waals surface area contributed by atoms with E-state index in [0.717, 1.165) is 16.7 Å². The third-order valence-electron chi connectivity index (χ3n) is 3.77. The summed E-state index contributed by atoms with van der Waals surface area (Å²) in [6.07, 6.45) is 0. The van der Waals surface area contributed by atoms with Gasteiger partial charge in [-0.15, -0.1) is 11.3 Å². The minimum atomic E-state index is 0.701. The lowest BCUT2D eigenvalue weighted by Crippen LogP contribution is -1.84. The number of fused-ring (bicyclic) bond motifs is 1. The van der Waals surface area contributed by atoms with Crippen LogP contribution in [0.4, 0.5) is 0 Å². The molecule has 0 radical (unpaired) electrons. The SMILES string of the molecule is Cc1ccc(-c2cc(-c3cccs3)cc3oc(C)nc23)cc1. The van der Waals surface area contributed by atoms with Gasteiger partial charge in [0.15, 0.2) is 11.5 Å². The predicted molar refractivity (Wildman–Crippen MR) is 92.2 cm³/mol. The van der Waals surface area contributed by atoms with Gasteiger partial charge in [0, 0.05) is 17.4 Å². The van der Waals surface area contributed by atoms with Crippen molar-refractivity contribution in [2.75, 3.05) is 0 Å². The highest BCUT2D eigenvalue weighted by Crippen LogP contribution is 2.35. The van der Waals surface area contributed by atoms with E-state index in [1.807, 2.05) is 6.92 Å². The maximum absolute atomic E-state index is 5.79. The van der Waals surface area contributed by atoms with Gasteiger partial charge >= 0.3 is 0 Å². The minimum absolute atomic E-state index is 0.701. The topological polar surface area (TPSA) is 26.0 Å². The number of hydrogen-bond donors (Lipinski definition) is 0. The van der Waals surface area contributed by atoms with Crippen molar-refractivity contribution in [2.24, 2.45) is 0 Å². The number of hydrogen-bond acceptors (Lipinski definition) is 3. The van der Waals surface area contributed by atoms with Crippen LogP contribution in [-0.4, -0.2) is 4.98 Å². The monoisotopic (exact) mass is 305 g/mol. The summed E-state index contributed by atoms with van der Waals surface area (Å²) in [7, 11) is 0. The Morgan fingerprint density at radius 1 is 0.955 bits per heavy atom. The molecule has 2 aromatic heterocycles. The van der Waals surface area contributed by atoms with Crippen LogP contribution in [0.15, 0.2) is 58.3 Å². The molecule has 22 heavy (non-hydrogen) atoms. The number of aromatic nitrogens is 1. The first-order chi connectivity index (χ1) is 10.7. The molecule has 0 atom stereocenters. The zero-order valence-corrected chi connectivity index (χ0v) is 13.3. The molecule has 0 spiro atoms. The minimum Gasteiger partial charge on any atom is -0.441 e. The normalized spacial score (nSPS) is 11.2. The first-order valence-corrected chi connectivity index (χ1v) is 8.11. The van der Waals surface area contributed by atoms with Crippen molar-refractivity contribution in [1.29, 1.82) is 0 Å². The van der Waals surface area contributed by atoms with E-state index in [-0.39, 0.29) is 0 Å². The molecular formula is C19H15NOS. The average Bonchev–Trinajstić information content (AvgIpc) is 3.15. The highest BCUT2D eigenvalue weighted by molar-refractivity contribution is 7.13. The molecule has 2 heterocycles. The fourth-order valence-electron chi connectivity index (χ4n) is 2.68. The maximum atomic E-state index is 5.79. The predicted octanol–water partition coefficient (Wildman–Crippen LogP) is 5.84. The molecular weight excluding hydrogens is 290 g/mol. The van der Waals surface area contributed by atoms with Crippen molar-refractivity contribution in [3.63, 3.8) is 0 Å². The van der Waals surface area contributed by atoms with Gasteiger partial charge in [-0.1, -0.05) is 35.9 Å². The van der Waals surface area contributed by atoms with Crippen LogP contribution in [0.1, 0.15) is 11.5 Å². The first kappa shape index (κ1) is 13.3. The lowest BCUT2D eigenvalue weighted by Gasteiger charge is -2.06. The highest BCUT2D eigenvalue weighted by Gasteiger charge is 2.13. The van der Waals surface area contributed by atoms with Crippen molar-refractivity contribution in [1.82, 2.24) is 4.98 Å². The number of thiophene rings is 1. The maximum Gasteiger partial charge on any atom is 0.192 e. The van der Waals surface area contributed by atoms with Crippen LogP contribution in [0.5, 0.6) is 0 Å². The van der Waals surface area contributed by atoms with E-state index in [2.05, 4.69) is 65.8 Å². The van der Waals surface area contributed by atoms with Crippen LogP contribution in [0.25, 0.3) is 32.7 Å². The summed E-state index contributed by atoms with van der Waals surface area (Å²) >= 11 is 1.74. The molecule has 0 amide bonds. The molecule has 0 N–H and O–H groups in total. The van der Waals surface area contributed by atoms with E-state index >= 15 is 0 Å². The van der Waals surface area contributed by atoms with E-state index in [4.69, 9.17) is 4.42 Å². The Hall–Kier alpha value is -2.39. The van der Waals surface area contributed by atoms with Gasteiger partial charge in [-0.25, -0.2) is 4.98 Å². The molecule has 108 valence electrons. The standard InChI is InChI=1S/C19H15NOS/c1-12-5-7-14(8-6-12)16-10-15(18-4-3-9-22-18)11-17-19(16)20-13(2)21-17/h3-11H,1-2H3. The summed E-state index contributed by atoms with van der Waals surface area (Å²) in [6.45, 7) is 3.99. The van der Waals surface area contributed by atoms with E-state index in [1.54, 1.807) is 11.3 Å². The van der Waals surface area contributed by atoms with Crippen molar-refractivity contribution in [3.8, 4) is 21.6 Å². The molecule has 0 saturated heterocycles. The van der Waals surface area contributed by atoms with Crippen LogP contribution in [0.3, 0.4) is 0 Å². The highest BCUT2D eigenvalue weighted by atomic mass is 32.1. The van der Waals surface area contributed by atoms with Crippen LogP contribution in [-0.2, 0) is 0 Å². The van der Waals surface area contributed by atoms with Crippen molar-refractivity contribution in [2.45, 2.75) is 13.8 Å². The molecule has 0 unspecified atom stereocenters. The van der Waals surface area contributed by atoms with Gasteiger partial charge in [0.2, 0.25) is 0 Å². The van der Waals surface area contributed by atoms with Crippen LogP contribution in [0.2, 0.25) is 0 Å². The van der Waals surface area contributed by atoms with Crippen molar-refractivity contribution < 1.29 is 4.42 Å². The van der Waals surface area contributed by atoms with Gasteiger partial charge < -0.3 is 4.42 Å². The Morgan fingerprint density at radius 3 is 2.50 bits per heavy atom. The van der Waals surface area contributed by atoms with Gasteiger partial charge in [0.25, 0.3) is 0 Å². The fraction of sp³-hybridized carbons (Fsp3) is 0.105. The van der Waals surface area contributed by atoms with Gasteiger partial charge in [0.1, 0.15) is 5.52 Å². The van der Waals surface area contributed by atoms with Crippen molar-refractivity contribution in [3.05, 3.63) is 65.4 Å². The molecule has 0 aliphatic carbocycles. The van der Waals surface area contributed by atoms with E-state index in [9.17, 15) is 0 Å². The number of benzene rings is 2. The summed E-state index contributed by atoms with van der Waals surface area (Å²) < 4.78 is 5.79. The van der Waals surface area contributed by atoms with E-state index < -0.39 is 0 Å². The zero-order chi connectivity index (χ0) is 15.1. The smallest absolute Gasteiger partial charge is 0.192 e. The fourth-order valence-corrected chi connectivity index (χ4v) is 3.39. The first-order valence-electron chi connectivity index (χ1n) is 7.23. The largest absolute Gasteiger partial charge is 0.441 e. The van der Waals surface area contributed by atoms with Crippen LogP contribution < -0.4 is 0 Å². The molecule has 0 bridgehead atoms. The zero-order valence-electron chi connectivity index (χ0n) is 12.5. The second-order valence-corrected chi connectivity index (χ2v) is 6.39. The summed E-state index contributed by atoms with van der Waals surface area (Å²) in [6, 6.07) is 17.0. The molecule has 2 aromatic carbocycles. The number of aryl methyl sites for hydroxylation is 2. The van der Waals surface area contributed by atoms with E-state index in [1.165, 1.54) is 21.6 Å². The third-order valence-corrected chi connectivity index (χ3v) is 4.69. The van der Waals surface area contributed by atoms with Crippen molar-refractivity contribution >= 4 is 22.4 Å². The van der Waals surface area contributed by atoms with E-state index in [0.29, 0.717) is 5.89 Å². The number of oxazole rings is 1. The second kappa shape index (κ2) is 5.11. The molecule has 3 heteroatoms. The Kier molecular flexibility index (Phi) is 3.09. The number of nitrogens with zero attached hydrogens (tertiary/aromatic N) is 1. The molecule has 0 fully saturated rings. The molecule has 4 aromatic rings. The Bertz CT molecular complexity index is 934. The van der Waals surface area contributed by atoms with Crippen LogP contribution >= 0.6 is 11.3 Å². The Morgan fingerprint density at radius 2 is 1.77 bits per heavy atom. The summed E-state index contributed by atoms with van der Waals surface area (Å²) in [5.41, 5.74) is 6.50.